The first kappa shape index (κ1) is 23.8. The lowest BCUT2D eigenvalue weighted by Gasteiger charge is -2.19. The molecule has 0 radical (unpaired) electrons. The quantitative estimate of drug-likeness (QED) is 0.417. The van der Waals surface area contributed by atoms with Gasteiger partial charge in [0.1, 0.15) is 5.56 Å². The van der Waals surface area contributed by atoms with E-state index in [1.165, 1.54) is 39.0 Å². The molecule has 0 aliphatic rings. The molecule has 0 aliphatic heterocycles. The molecule has 0 saturated heterocycles. The zero-order valence-electron chi connectivity index (χ0n) is 18.7. The van der Waals surface area contributed by atoms with Crippen LogP contribution < -0.4 is 15.4 Å². The molecule has 1 atom stereocenters. The van der Waals surface area contributed by atoms with Crippen LogP contribution >= 0.6 is 0 Å². The van der Waals surface area contributed by atoms with Crippen LogP contribution in [-0.4, -0.2) is 50.2 Å². The molecular weight excluding hydrogens is 469 g/mol. The van der Waals surface area contributed by atoms with Gasteiger partial charge in [0, 0.05) is 18.9 Å². The number of methoxy groups -OCH3 is 2. The molecule has 4 aromatic heterocycles. The number of nitrogens with zero attached hydrogens (tertiary/aromatic N) is 6. The highest BCUT2D eigenvalue weighted by Gasteiger charge is 2.36. The van der Waals surface area contributed by atoms with Crippen LogP contribution in [0.1, 0.15) is 24.2 Å². The second-order valence-electron chi connectivity index (χ2n) is 7.17. The Morgan fingerprint density at radius 2 is 1.80 bits per heavy atom. The number of nitrogens with one attached hydrogen (secondary N) is 2. The molecule has 2 amide bonds. The normalized spacial score (nSPS) is 12.4. The van der Waals surface area contributed by atoms with Gasteiger partial charge >= 0.3 is 12.2 Å². The molecule has 182 valence electrons. The van der Waals surface area contributed by atoms with E-state index in [4.69, 9.17) is 9.47 Å². The summed E-state index contributed by atoms with van der Waals surface area (Å²) in [4.78, 5) is 25.8. The fraction of sp³-hybridized carbons (Fsp3) is 0.238. The van der Waals surface area contributed by atoms with Crippen LogP contribution in [0.15, 0.2) is 43.1 Å². The van der Waals surface area contributed by atoms with Gasteiger partial charge in [-0.2, -0.15) is 23.4 Å². The maximum atomic E-state index is 13.6. The van der Waals surface area contributed by atoms with Crippen molar-refractivity contribution in [3.8, 4) is 11.7 Å². The molecule has 11 nitrogen and oxygen atoms in total. The van der Waals surface area contributed by atoms with Crippen LogP contribution in [0, 0.1) is 0 Å². The summed E-state index contributed by atoms with van der Waals surface area (Å²) >= 11 is 0. The summed E-state index contributed by atoms with van der Waals surface area (Å²) in [5.74, 6) is -0.247. The first-order chi connectivity index (χ1) is 16.7. The van der Waals surface area contributed by atoms with E-state index in [2.05, 4.69) is 35.8 Å². The van der Waals surface area contributed by atoms with Gasteiger partial charge in [-0.25, -0.2) is 14.8 Å². The van der Waals surface area contributed by atoms with Crippen molar-refractivity contribution >= 4 is 28.3 Å². The molecule has 1 unspecified atom stereocenters. The number of rotatable bonds is 6. The number of alkyl halides is 3. The summed E-state index contributed by atoms with van der Waals surface area (Å²) in [6.07, 6.45) is 1.19. The average molecular weight is 488 g/mol. The minimum Gasteiger partial charge on any atom is -0.480 e. The average Bonchev–Trinajstić information content (AvgIpc) is 3.37. The van der Waals surface area contributed by atoms with Crippen molar-refractivity contribution in [1.29, 1.82) is 0 Å². The lowest BCUT2D eigenvalue weighted by Crippen LogP contribution is -2.22. The SMILES string of the molecule is COc1nccc2ncc(NC(=O)Nc3cnc(-n4nccn4)c(C(F)(F)F)c3)c(C(C)OC)c12. The van der Waals surface area contributed by atoms with E-state index >= 15 is 0 Å². The first-order valence-corrected chi connectivity index (χ1v) is 10.1. The van der Waals surface area contributed by atoms with Crippen molar-refractivity contribution in [3.63, 3.8) is 0 Å². The van der Waals surface area contributed by atoms with E-state index in [9.17, 15) is 18.0 Å². The zero-order valence-corrected chi connectivity index (χ0v) is 18.7. The van der Waals surface area contributed by atoms with Crippen LogP contribution in [0.25, 0.3) is 16.7 Å². The third-order valence-electron chi connectivity index (χ3n) is 5.03. The number of halogens is 3. The fourth-order valence-electron chi connectivity index (χ4n) is 3.43. The molecule has 4 aromatic rings. The Morgan fingerprint density at radius 1 is 1.06 bits per heavy atom. The Balaban J connectivity index is 1.67. The lowest BCUT2D eigenvalue weighted by molar-refractivity contribution is -0.137. The molecule has 0 aliphatic carbocycles. The van der Waals surface area contributed by atoms with Gasteiger partial charge in [-0.15, -0.1) is 4.80 Å². The van der Waals surface area contributed by atoms with Crippen LogP contribution in [0.3, 0.4) is 0 Å². The Kier molecular flexibility index (Phi) is 6.46. The summed E-state index contributed by atoms with van der Waals surface area (Å²) in [6, 6.07) is 1.60. The second kappa shape index (κ2) is 9.50. The number of ether oxygens (including phenoxy) is 2. The van der Waals surface area contributed by atoms with E-state index in [0.717, 1.165) is 17.1 Å². The van der Waals surface area contributed by atoms with Gasteiger partial charge < -0.3 is 20.1 Å². The largest absolute Gasteiger partial charge is 0.480 e. The van der Waals surface area contributed by atoms with Gasteiger partial charge in [0.25, 0.3) is 0 Å². The number of carbonyl (C=O) groups excluding carboxylic acids is 1. The molecule has 0 bridgehead atoms. The Morgan fingerprint density at radius 3 is 2.46 bits per heavy atom. The number of urea groups is 1. The number of carbonyl (C=O) groups is 1. The Hall–Kier alpha value is -4.33. The Bertz CT molecular complexity index is 1360. The molecule has 35 heavy (non-hydrogen) atoms. The minimum absolute atomic E-state index is 0.194. The second-order valence-corrected chi connectivity index (χ2v) is 7.17. The molecule has 14 heteroatoms. The van der Waals surface area contributed by atoms with Crippen molar-refractivity contribution in [1.82, 2.24) is 29.9 Å². The summed E-state index contributed by atoms with van der Waals surface area (Å²) in [7, 11) is 2.94. The monoisotopic (exact) mass is 488 g/mol. The fourth-order valence-corrected chi connectivity index (χ4v) is 3.43. The van der Waals surface area contributed by atoms with Gasteiger partial charge in [-0.05, 0) is 19.1 Å². The van der Waals surface area contributed by atoms with E-state index in [1.54, 1.807) is 13.0 Å². The molecule has 4 heterocycles. The van der Waals surface area contributed by atoms with E-state index in [0.29, 0.717) is 16.5 Å². The number of aromatic nitrogens is 6. The third kappa shape index (κ3) is 4.82. The van der Waals surface area contributed by atoms with Gasteiger partial charge in [-0.3, -0.25) is 4.98 Å². The van der Waals surface area contributed by atoms with Crippen molar-refractivity contribution in [2.24, 2.45) is 0 Å². The van der Waals surface area contributed by atoms with Crippen molar-refractivity contribution in [2.45, 2.75) is 19.2 Å². The summed E-state index contributed by atoms with van der Waals surface area (Å²) < 4.78 is 51.7. The maximum absolute atomic E-state index is 13.6. The highest BCUT2D eigenvalue weighted by atomic mass is 19.4. The van der Waals surface area contributed by atoms with Gasteiger partial charge in [0.15, 0.2) is 5.82 Å². The third-order valence-corrected chi connectivity index (χ3v) is 5.03. The van der Waals surface area contributed by atoms with Gasteiger partial charge in [0.05, 0.1) is 60.3 Å². The minimum atomic E-state index is -4.77. The lowest BCUT2D eigenvalue weighted by atomic mass is 10.0. The predicted octanol–water partition coefficient (Wildman–Crippen LogP) is 3.98. The molecule has 4 rings (SSSR count). The van der Waals surface area contributed by atoms with Gasteiger partial charge in [0.2, 0.25) is 5.88 Å². The molecule has 0 saturated carbocycles. The van der Waals surface area contributed by atoms with Crippen LogP contribution in [0.4, 0.5) is 29.3 Å². The molecule has 0 fully saturated rings. The molecule has 0 spiro atoms. The number of pyridine rings is 3. The predicted molar refractivity (Wildman–Crippen MR) is 118 cm³/mol. The first-order valence-electron chi connectivity index (χ1n) is 10.1. The molecular formula is C21H19F3N8O3. The van der Waals surface area contributed by atoms with Gasteiger partial charge in [-0.1, -0.05) is 0 Å². The highest BCUT2D eigenvalue weighted by Crippen LogP contribution is 2.36. The topological polar surface area (TPSA) is 129 Å². The molecule has 2 N–H and O–H groups in total. The maximum Gasteiger partial charge on any atom is 0.420 e. The standard InChI is InChI=1S/C21H19F3N8O3/c1-11(34-2)16-15(10-26-14-4-5-25-19(35-3)17(14)16)31-20(33)30-12-8-13(21(22,23)24)18(27-9-12)32-28-6-7-29-32/h4-11H,1-3H3,(H2,30,31,33). The number of fused-ring (bicyclic) bond motifs is 1. The van der Waals surface area contributed by atoms with E-state index < -0.39 is 29.7 Å². The zero-order chi connectivity index (χ0) is 25.2. The number of hydrogen-bond donors (Lipinski definition) is 2. The van der Waals surface area contributed by atoms with E-state index in [-0.39, 0.29) is 17.3 Å². The van der Waals surface area contributed by atoms with Crippen molar-refractivity contribution < 1.29 is 27.4 Å². The summed E-state index contributed by atoms with van der Waals surface area (Å²) in [5, 5.41) is 12.9. The van der Waals surface area contributed by atoms with Crippen LogP contribution in [-0.2, 0) is 10.9 Å². The highest BCUT2D eigenvalue weighted by molar-refractivity contribution is 6.02. The number of hydrogen-bond acceptors (Lipinski definition) is 8. The van der Waals surface area contributed by atoms with Crippen molar-refractivity contribution in [3.05, 3.63) is 54.2 Å². The Labute approximate surface area is 196 Å². The summed E-state index contributed by atoms with van der Waals surface area (Å²) in [6.45, 7) is 1.76. The van der Waals surface area contributed by atoms with Crippen molar-refractivity contribution in [2.75, 3.05) is 24.9 Å². The number of anilines is 2. The van der Waals surface area contributed by atoms with Crippen LogP contribution in [0.5, 0.6) is 5.88 Å². The summed E-state index contributed by atoms with van der Waals surface area (Å²) in [5.41, 5.74) is 0.0378. The smallest absolute Gasteiger partial charge is 0.420 e. The van der Waals surface area contributed by atoms with Crippen LogP contribution in [0.2, 0.25) is 0 Å². The van der Waals surface area contributed by atoms with E-state index in [1.807, 2.05) is 0 Å². The number of amides is 2. The molecule has 0 aromatic carbocycles.